The van der Waals surface area contributed by atoms with Crippen LogP contribution in [-0.4, -0.2) is 23.2 Å². The van der Waals surface area contributed by atoms with Crippen molar-refractivity contribution >= 4 is 34.8 Å². The summed E-state index contributed by atoms with van der Waals surface area (Å²) in [6, 6.07) is 1.59. The van der Waals surface area contributed by atoms with E-state index in [1.54, 1.807) is 6.07 Å². The van der Waals surface area contributed by atoms with E-state index in [2.05, 4.69) is 15.7 Å². The zero-order chi connectivity index (χ0) is 13.5. The van der Waals surface area contributed by atoms with Crippen LogP contribution in [-0.2, 0) is 0 Å². The Morgan fingerprint density at radius 3 is 2.67 bits per heavy atom. The molecule has 0 bridgehead atoms. The van der Waals surface area contributed by atoms with Crippen LogP contribution in [0.4, 0.5) is 11.6 Å². The minimum atomic E-state index is 0.210. The minimum absolute atomic E-state index is 0.210. The highest BCUT2D eigenvalue weighted by Gasteiger charge is 2.08. The molecule has 1 aromatic rings. The van der Waals surface area contributed by atoms with Crippen molar-refractivity contribution in [1.29, 1.82) is 0 Å². The van der Waals surface area contributed by atoms with Crippen molar-refractivity contribution in [3.8, 4) is 0 Å². The second kappa shape index (κ2) is 7.63. The van der Waals surface area contributed by atoms with Gasteiger partial charge in [0.15, 0.2) is 5.82 Å². The van der Waals surface area contributed by atoms with Crippen molar-refractivity contribution in [2.45, 2.75) is 19.8 Å². The van der Waals surface area contributed by atoms with E-state index in [0.29, 0.717) is 27.6 Å². The number of aliphatic hydroxyl groups is 1. The molecule has 0 aliphatic carbocycles. The summed E-state index contributed by atoms with van der Waals surface area (Å²) in [6.07, 6.45) is 1.87. The average molecular weight is 293 g/mol. The maximum Gasteiger partial charge on any atom is 0.161 e. The van der Waals surface area contributed by atoms with E-state index in [4.69, 9.17) is 34.2 Å². The predicted octanol–water partition coefficient (Wildman–Crippen LogP) is 2.49. The number of rotatable bonds is 7. The zero-order valence-electron chi connectivity index (χ0n) is 10.2. The number of pyridine rings is 1. The largest absolute Gasteiger partial charge is 0.396 e. The van der Waals surface area contributed by atoms with Gasteiger partial charge >= 0.3 is 0 Å². The molecule has 0 amide bonds. The maximum atomic E-state index is 8.90. The summed E-state index contributed by atoms with van der Waals surface area (Å²) in [6.45, 7) is 2.94. The molecule has 0 fully saturated rings. The Morgan fingerprint density at radius 2 is 2.06 bits per heavy atom. The molecule has 0 saturated carbocycles. The van der Waals surface area contributed by atoms with Gasteiger partial charge in [-0.15, -0.1) is 0 Å². The molecule has 0 radical (unpaired) electrons. The van der Waals surface area contributed by atoms with Gasteiger partial charge < -0.3 is 15.8 Å². The fourth-order valence-electron chi connectivity index (χ4n) is 1.44. The molecule has 102 valence electrons. The number of nitrogen functional groups attached to an aromatic ring is 1. The van der Waals surface area contributed by atoms with Gasteiger partial charge in [-0.05, 0) is 24.8 Å². The first kappa shape index (κ1) is 15.3. The molecule has 1 aromatic heterocycles. The Balaban J connectivity index is 2.51. The fourth-order valence-corrected chi connectivity index (χ4v) is 1.92. The molecule has 18 heavy (non-hydrogen) atoms. The van der Waals surface area contributed by atoms with Crippen molar-refractivity contribution in [2.75, 3.05) is 23.9 Å². The summed E-state index contributed by atoms with van der Waals surface area (Å²) < 4.78 is 0. The predicted molar refractivity (Wildman–Crippen MR) is 76.0 cm³/mol. The summed E-state index contributed by atoms with van der Waals surface area (Å²) in [4.78, 5) is 4.17. The van der Waals surface area contributed by atoms with Crippen LogP contribution in [0, 0.1) is 5.92 Å². The van der Waals surface area contributed by atoms with Crippen LogP contribution >= 0.6 is 23.2 Å². The lowest BCUT2D eigenvalue weighted by atomic mass is 10.1. The van der Waals surface area contributed by atoms with E-state index >= 15 is 0 Å². The van der Waals surface area contributed by atoms with Gasteiger partial charge in [0.1, 0.15) is 5.82 Å². The van der Waals surface area contributed by atoms with Crippen LogP contribution in [0.25, 0.3) is 0 Å². The summed E-state index contributed by atoms with van der Waals surface area (Å²) in [7, 11) is 0. The van der Waals surface area contributed by atoms with Gasteiger partial charge in [0, 0.05) is 13.2 Å². The van der Waals surface area contributed by atoms with E-state index in [1.807, 2.05) is 6.92 Å². The third kappa shape index (κ3) is 4.49. The van der Waals surface area contributed by atoms with E-state index in [-0.39, 0.29) is 6.61 Å². The molecule has 0 saturated heterocycles. The number of aliphatic hydroxyl groups excluding tert-OH is 1. The highest BCUT2D eigenvalue weighted by Crippen LogP contribution is 2.28. The Bertz CT molecular complexity index is 390. The average Bonchev–Trinajstić information content (AvgIpc) is 2.36. The number of hydrogen-bond donors (Lipinski definition) is 4. The van der Waals surface area contributed by atoms with Crippen molar-refractivity contribution < 1.29 is 5.11 Å². The smallest absolute Gasteiger partial charge is 0.161 e. The van der Waals surface area contributed by atoms with Gasteiger partial charge in [0.2, 0.25) is 0 Å². The Labute approximate surface area is 117 Å². The first-order valence-electron chi connectivity index (χ1n) is 5.75. The highest BCUT2D eigenvalue weighted by molar-refractivity contribution is 6.37. The van der Waals surface area contributed by atoms with Gasteiger partial charge in [-0.3, -0.25) is 0 Å². The molecular formula is C11H18Cl2N4O. The van der Waals surface area contributed by atoms with Gasteiger partial charge in [0.25, 0.3) is 0 Å². The molecule has 0 spiro atoms. The van der Waals surface area contributed by atoms with Gasteiger partial charge in [-0.25, -0.2) is 10.8 Å². The van der Waals surface area contributed by atoms with Crippen LogP contribution in [0.15, 0.2) is 6.07 Å². The number of nitrogens with one attached hydrogen (secondary N) is 2. The number of hydrazine groups is 1. The molecule has 7 heteroatoms. The maximum absolute atomic E-state index is 8.90. The molecule has 0 aliphatic heterocycles. The Kier molecular flexibility index (Phi) is 6.49. The Morgan fingerprint density at radius 1 is 1.39 bits per heavy atom. The van der Waals surface area contributed by atoms with Crippen molar-refractivity contribution in [3.63, 3.8) is 0 Å². The second-order valence-electron chi connectivity index (χ2n) is 4.15. The highest BCUT2D eigenvalue weighted by atomic mass is 35.5. The molecule has 5 nitrogen and oxygen atoms in total. The number of hydrogen-bond acceptors (Lipinski definition) is 5. The van der Waals surface area contributed by atoms with Gasteiger partial charge in [-0.2, -0.15) is 0 Å². The minimum Gasteiger partial charge on any atom is -0.396 e. The van der Waals surface area contributed by atoms with E-state index in [0.717, 1.165) is 19.4 Å². The number of nitrogens with two attached hydrogens (primary N) is 1. The fraction of sp³-hybridized carbons (Fsp3) is 0.545. The lowest BCUT2D eigenvalue weighted by Crippen LogP contribution is -2.12. The van der Waals surface area contributed by atoms with Gasteiger partial charge in [-0.1, -0.05) is 30.1 Å². The van der Waals surface area contributed by atoms with E-state index in [1.165, 1.54) is 0 Å². The lowest BCUT2D eigenvalue weighted by molar-refractivity contribution is 0.229. The van der Waals surface area contributed by atoms with Crippen LogP contribution in [0.1, 0.15) is 19.8 Å². The summed E-state index contributed by atoms with van der Waals surface area (Å²) in [5.74, 6) is 6.52. The molecular weight excluding hydrogens is 275 g/mol. The quantitative estimate of drug-likeness (QED) is 0.353. The SMILES string of the molecule is CC(CO)CCCNc1nc(NN)c(Cl)cc1Cl. The summed E-state index contributed by atoms with van der Waals surface area (Å²) >= 11 is 11.9. The normalized spacial score (nSPS) is 12.3. The summed E-state index contributed by atoms with van der Waals surface area (Å²) in [5.41, 5.74) is 2.41. The zero-order valence-corrected chi connectivity index (χ0v) is 11.7. The number of nitrogens with zero attached hydrogens (tertiary/aromatic N) is 1. The first-order valence-corrected chi connectivity index (χ1v) is 6.51. The molecule has 1 rings (SSSR count). The molecule has 5 N–H and O–H groups in total. The number of aromatic nitrogens is 1. The monoisotopic (exact) mass is 292 g/mol. The van der Waals surface area contributed by atoms with Crippen molar-refractivity contribution in [2.24, 2.45) is 11.8 Å². The van der Waals surface area contributed by atoms with E-state index < -0.39 is 0 Å². The van der Waals surface area contributed by atoms with E-state index in [9.17, 15) is 0 Å². The number of anilines is 2. The third-order valence-corrected chi connectivity index (χ3v) is 3.12. The molecule has 0 aliphatic rings. The van der Waals surface area contributed by atoms with Crippen LogP contribution in [0.5, 0.6) is 0 Å². The number of halogens is 2. The van der Waals surface area contributed by atoms with Crippen molar-refractivity contribution in [3.05, 3.63) is 16.1 Å². The molecule has 1 heterocycles. The standard InChI is InChI=1S/C11H18Cl2N4O/c1-7(6-18)3-2-4-15-10-8(12)5-9(13)11(16-10)17-14/h5,7,18H,2-4,6,14H2,1H3,(H2,15,16,17). The molecule has 1 unspecified atom stereocenters. The molecule has 1 atom stereocenters. The van der Waals surface area contributed by atoms with Crippen LogP contribution < -0.4 is 16.6 Å². The molecule has 0 aromatic carbocycles. The summed E-state index contributed by atoms with van der Waals surface area (Å²) in [5, 5.41) is 12.8. The van der Waals surface area contributed by atoms with Crippen LogP contribution in [0.2, 0.25) is 10.0 Å². The lowest BCUT2D eigenvalue weighted by Gasteiger charge is -2.11. The van der Waals surface area contributed by atoms with Gasteiger partial charge in [0.05, 0.1) is 10.0 Å². The Hall–Kier alpha value is -0.750. The first-order chi connectivity index (χ1) is 8.58. The topological polar surface area (TPSA) is 83.2 Å². The van der Waals surface area contributed by atoms with Crippen molar-refractivity contribution in [1.82, 2.24) is 4.98 Å². The van der Waals surface area contributed by atoms with Crippen LogP contribution in [0.3, 0.4) is 0 Å². The third-order valence-electron chi connectivity index (χ3n) is 2.54. The second-order valence-corrected chi connectivity index (χ2v) is 4.96.